The zero-order chi connectivity index (χ0) is 19.4. The minimum Gasteiger partial charge on any atom is -0.468 e. The number of nitrogens with zero attached hydrogens (tertiary/aromatic N) is 1. The lowest BCUT2D eigenvalue weighted by atomic mass is 10.1. The SMILES string of the molecule is COC(=O)CNC(=O)c1cccc(C#CCCCCCC(=O)N(C)C)c1. The van der Waals surface area contributed by atoms with Crippen LogP contribution in [0.2, 0.25) is 0 Å². The van der Waals surface area contributed by atoms with Crippen LogP contribution in [-0.4, -0.2) is 50.4 Å². The largest absolute Gasteiger partial charge is 0.468 e. The molecule has 0 saturated heterocycles. The molecule has 0 radical (unpaired) electrons. The van der Waals surface area contributed by atoms with Crippen molar-refractivity contribution in [3.05, 3.63) is 35.4 Å². The highest BCUT2D eigenvalue weighted by Gasteiger charge is 2.08. The maximum Gasteiger partial charge on any atom is 0.325 e. The number of esters is 1. The van der Waals surface area contributed by atoms with E-state index in [0.717, 1.165) is 31.2 Å². The van der Waals surface area contributed by atoms with Crippen molar-refractivity contribution in [1.29, 1.82) is 0 Å². The van der Waals surface area contributed by atoms with Gasteiger partial charge in [0.25, 0.3) is 5.91 Å². The summed E-state index contributed by atoms with van der Waals surface area (Å²) in [5.74, 6) is 5.43. The zero-order valence-electron chi connectivity index (χ0n) is 15.6. The average Bonchev–Trinajstić information content (AvgIpc) is 2.64. The fraction of sp³-hybridized carbons (Fsp3) is 0.450. The van der Waals surface area contributed by atoms with Gasteiger partial charge < -0.3 is 15.0 Å². The second kappa shape index (κ2) is 11.7. The topological polar surface area (TPSA) is 75.7 Å². The van der Waals surface area contributed by atoms with Gasteiger partial charge in [0.05, 0.1) is 7.11 Å². The Morgan fingerprint density at radius 3 is 2.62 bits per heavy atom. The molecule has 1 N–H and O–H groups in total. The molecule has 0 bridgehead atoms. The standard InChI is InChI=1S/C20H26N2O4/c1-22(2)18(23)13-8-6-4-5-7-10-16-11-9-12-17(14-16)20(25)21-15-19(24)26-3/h9,11-12,14H,4-6,8,13,15H2,1-3H3,(H,21,25). The highest BCUT2D eigenvalue weighted by Crippen LogP contribution is 2.06. The Kier molecular flexibility index (Phi) is 9.55. The molecule has 0 aliphatic rings. The molecule has 1 rings (SSSR count). The van der Waals surface area contributed by atoms with Gasteiger partial charge >= 0.3 is 5.97 Å². The van der Waals surface area contributed by atoms with E-state index >= 15 is 0 Å². The van der Waals surface area contributed by atoms with Gasteiger partial charge in [-0.3, -0.25) is 14.4 Å². The summed E-state index contributed by atoms with van der Waals surface area (Å²) in [7, 11) is 4.79. The third kappa shape index (κ3) is 8.34. The average molecular weight is 358 g/mol. The molecule has 26 heavy (non-hydrogen) atoms. The van der Waals surface area contributed by atoms with Crippen molar-refractivity contribution >= 4 is 17.8 Å². The second-order valence-electron chi connectivity index (χ2n) is 5.99. The number of nitrogens with one attached hydrogen (secondary N) is 1. The Hall–Kier alpha value is -2.81. The van der Waals surface area contributed by atoms with E-state index in [-0.39, 0.29) is 18.4 Å². The summed E-state index contributed by atoms with van der Waals surface area (Å²) in [6, 6.07) is 6.94. The molecule has 0 heterocycles. The molecule has 140 valence electrons. The highest BCUT2D eigenvalue weighted by atomic mass is 16.5. The molecule has 0 aliphatic heterocycles. The van der Waals surface area contributed by atoms with Crippen LogP contribution in [0.15, 0.2) is 24.3 Å². The van der Waals surface area contributed by atoms with E-state index in [1.54, 1.807) is 37.2 Å². The number of methoxy groups -OCH3 is 1. The Balaban J connectivity index is 2.40. The van der Waals surface area contributed by atoms with Gasteiger partial charge in [0.2, 0.25) is 5.91 Å². The third-order valence-corrected chi connectivity index (χ3v) is 3.67. The molecule has 0 unspecified atom stereocenters. The van der Waals surface area contributed by atoms with E-state index in [1.807, 2.05) is 6.07 Å². The van der Waals surface area contributed by atoms with Crippen LogP contribution in [0.25, 0.3) is 0 Å². The molecule has 0 fully saturated rings. The maximum atomic E-state index is 12.0. The predicted molar refractivity (Wildman–Crippen MR) is 99.4 cm³/mol. The van der Waals surface area contributed by atoms with Crippen molar-refractivity contribution in [3.63, 3.8) is 0 Å². The fourth-order valence-electron chi connectivity index (χ4n) is 2.12. The molecule has 2 amide bonds. The van der Waals surface area contributed by atoms with E-state index in [4.69, 9.17) is 0 Å². The molecule has 0 atom stereocenters. The first kappa shape index (κ1) is 21.2. The molecular weight excluding hydrogens is 332 g/mol. The second-order valence-corrected chi connectivity index (χ2v) is 5.99. The summed E-state index contributed by atoms with van der Waals surface area (Å²) in [5.41, 5.74) is 1.20. The van der Waals surface area contributed by atoms with Crippen LogP contribution in [-0.2, 0) is 14.3 Å². The number of amides is 2. The van der Waals surface area contributed by atoms with Crippen LogP contribution < -0.4 is 5.32 Å². The molecule has 6 nitrogen and oxygen atoms in total. The summed E-state index contributed by atoms with van der Waals surface area (Å²) >= 11 is 0. The summed E-state index contributed by atoms with van der Waals surface area (Å²) in [4.78, 5) is 36.1. The minimum atomic E-state index is -0.499. The summed E-state index contributed by atoms with van der Waals surface area (Å²) in [6.07, 6.45) is 4.09. The zero-order valence-corrected chi connectivity index (χ0v) is 15.6. The summed E-state index contributed by atoms with van der Waals surface area (Å²) < 4.78 is 4.48. The van der Waals surface area contributed by atoms with E-state index < -0.39 is 5.97 Å². The monoisotopic (exact) mass is 358 g/mol. The van der Waals surface area contributed by atoms with Gasteiger partial charge in [0.15, 0.2) is 0 Å². The van der Waals surface area contributed by atoms with Crippen molar-refractivity contribution in [1.82, 2.24) is 10.2 Å². The Morgan fingerprint density at radius 1 is 1.15 bits per heavy atom. The Bertz CT molecular complexity index is 687. The van der Waals surface area contributed by atoms with Gasteiger partial charge in [0.1, 0.15) is 6.54 Å². The molecule has 0 saturated carbocycles. The van der Waals surface area contributed by atoms with Gasteiger partial charge in [-0.25, -0.2) is 0 Å². The first-order chi connectivity index (χ1) is 12.4. The van der Waals surface area contributed by atoms with E-state index in [0.29, 0.717) is 12.0 Å². The number of rotatable bonds is 8. The van der Waals surface area contributed by atoms with Gasteiger partial charge in [-0.05, 0) is 31.0 Å². The lowest BCUT2D eigenvalue weighted by Crippen LogP contribution is -2.30. The van der Waals surface area contributed by atoms with Crippen molar-refractivity contribution < 1.29 is 19.1 Å². The molecule has 1 aromatic carbocycles. The first-order valence-electron chi connectivity index (χ1n) is 8.58. The van der Waals surface area contributed by atoms with Gasteiger partial charge in [0, 0.05) is 38.1 Å². The lowest BCUT2D eigenvalue weighted by molar-refractivity contribution is -0.139. The molecule has 1 aromatic rings. The van der Waals surface area contributed by atoms with Crippen LogP contribution in [0.4, 0.5) is 0 Å². The Morgan fingerprint density at radius 2 is 1.92 bits per heavy atom. The van der Waals surface area contributed by atoms with Gasteiger partial charge in [-0.2, -0.15) is 0 Å². The van der Waals surface area contributed by atoms with E-state index in [2.05, 4.69) is 21.9 Å². The number of unbranched alkanes of at least 4 members (excludes halogenated alkanes) is 3. The number of carbonyl (C=O) groups excluding carboxylic acids is 3. The fourth-order valence-corrected chi connectivity index (χ4v) is 2.12. The van der Waals surface area contributed by atoms with Crippen molar-refractivity contribution in [3.8, 4) is 11.8 Å². The molecule has 0 aliphatic carbocycles. The number of hydrogen-bond donors (Lipinski definition) is 1. The van der Waals surface area contributed by atoms with Gasteiger partial charge in [-0.15, -0.1) is 0 Å². The minimum absolute atomic E-state index is 0.151. The highest BCUT2D eigenvalue weighted by molar-refractivity contribution is 5.96. The van der Waals surface area contributed by atoms with E-state index in [1.165, 1.54) is 7.11 Å². The number of hydrogen-bond acceptors (Lipinski definition) is 4. The number of benzene rings is 1. The van der Waals surface area contributed by atoms with Crippen LogP contribution in [0.1, 0.15) is 48.0 Å². The van der Waals surface area contributed by atoms with E-state index in [9.17, 15) is 14.4 Å². The van der Waals surface area contributed by atoms with Gasteiger partial charge in [-0.1, -0.05) is 24.3 Å². The van der Waals surface area contributed by atoms with Crippen molar-refractivity contribution in [2.75, 3.05) is 27.7 Å². The van der Waals surface area contributed by atoms with Crippen LogP contribution in [0.5, 0.6) is 0 Å². The summed E-state index contributed by atoms with van der Waals surface area (Å²) in [6.45, 7) is -0.165. The van der Waals surface area contributed by atoms with Crippen LogP contribution in [0.3, 0.4) is 0 Å². The molecule has 0 aromatic heterocycles. The van der Waals surface area contributed by atoms with Crippen molar-refractivity contribution in [2.24, 2.45) is 0 Å². The smallest absolute Gasteiger partial charge is 0.325 e. The maximum absolute atomic E-state index is 12.0. The predicted octanol–water partition coefficient (Wildman–Crippen LogP) is 1.98. The quantitative estimate of drug-likeness (QED) is 0.438. The Labute approximate surface area is 154 Å². The molecular formula is C20H26N2O4. The molecule has 6 heteroatoms. The van der Waals surface area contributed by atoms with Crippen LogP contribution in [0, 0.1) is 11.8 Å². The summed E-state index contributed by atoms with van der Waals surface area (Å²) in [5, 5.41) is 2.49. The van der Waals surface area contributed by atoms with Crippen molar-refractivity contribution in [2.45, 2.75) is 32.1 Å². The lowest BCUT2D eigenvalue weighted by Gasteiger charge is -2.08. The molecule has 0 spiro atoms. The van der Waals surface area contributed by atoms with Crippen LogP contribution >= 0.6 is 0 Å². The normalized spacial score (nSPS) is 9.65. The first-order valence-corrected chi connectivity index (χ1v) is 8.58. The number of ether oxygens (including phenoxy) is 1. The third-order valence-electron chi connectivity index (χ3n) is 3.67. The number of carbonyl (C=O) groups is 3.